The lowest BCUT2D eigenvalue weighted by molar-refractivity contribution is 0.423. The average molecular weight is 292 g/mol. The van der Waals surface area contributed by atoms with Gasteiger partial charge in [-0.2, -0.15) is 0 Å². The van der Waals surface area contributed by atoms with Crippen LogP contribution in [-0.2, 0) is 0 Å². The second-order valence-electron chi connectivity index (χ2n) is 4.74. The van der Waals surface area contributed by atoms with Gasteiger partial charge in [0.2, 0.25) is 5.16 Å². The molecular formula is C11H16N8S. The molecule has 3 rings (SSSR count). The van der Waals surface area contributed by atoms with Gasteiger partial charge in [-0.15, -0.1) is 5.10 Å². The zero-order valence-electron chi connectivity index (χ0n) is 11.2. The molecule has 2 aromatic heterocycles. The lowest BCUT2D eigenvalue weighted by atomic mass is 10.3. The SMILES string of the molecule is Cc1c(NN)ncnc1Sc1nnnn1C1CCCC1. The molecule has 1 saturated carbocycles. The van der Waals surface area contributed by atoms with E-state index in [4.69, 9.17) is 5.84 Å². The van der Waals surface area contributed by atoms with Crippen LogP contribution >= 0.6 is 11.8 Å². The van der Waals surface area contributed by atoms with E-state index in [2.05, 4.69) is 30.9 Å². The molecule has 1 aliphatic carbocycles. The topological polar surface area (TPSA) is 107 Å². The van der Waals surface area contributed by atoms with Gasteiger partial charge in [0.25, 0.3) is 0 Å². The first kappa shape index (κ1) is 13.3. The van der Waals surface area contributed by atoms with Crippen LogP contribution in [0.3, 0.4) is 0 Å². The van der Waals surface area contributed by atoms with Gasteiger partial charge in [0.1, 0.15) is 17.2 Å². The summed E-state index contributed by atoms with van der Waals surface area (Å²) in [5.74, 6) is 6.04. The van der Waals surface area contributed by atoms with Gasteiger partial charge in [0.05, 0.1) is 6.04 Å². The van der Waals surface area contributed by atoms with Crippen LogP contribution in [0.25, 0.3) is 0 Å². The average Bonchev–Trinajstić information content (AvgIpc) is 3.11. The maximum absolute atomic E-state index is 5.43. The molecule has 2 aromatic rings. The van der Waals surface area contributed by atoms with Crippen molar-refractivity contribution in [2.24, 2.45) is 5.84 Å². The number of tetrazole rings is 1. The van der Waals surface area contributed by atoms with Crippen LogP contribution in [0.4, 0.5) is 5.82 Å². The number of aromatic nitrogens is 6. The minimum Gasteiger partial charge on any atom is -0.308 e. The number of anilines is 1. The Morgan fingerprint density at radius 3 is 2.90 bits per heavy atom. The molecule has 1 aliphatic rings. The second-order valence-corrected chi connectivity index (χ2v) is 5.70. The molecule has 2 heterocycles. The van der Waals surface area contributed by atoms with Crippen molar-refractivity contribution >= 4 is 17.6 Å². The van der Waals surface area contributed by atoms with E-state index in [-0.39, 0.29) is 0 Å². The number of hydrazine groups is 1. The summed E-state index contributed by atoms with van der Waals surface area (Å²) in [7, 11) is 0. The summed E-state index contributed by atoms with van der Waals surface area (Å²) in [5, 5.41) is 13.6. The Morgan fingerprint density at radius 2 is 2.15 bits per heavy atom. The Kier molecular flexibility index (Phi) is 3.79. The standard InChI is InChI=1S/C11H16N8S/c1-7-9(15-12)13-6-14-10(7)20-11-16-17-18-19(11)8-4-2-3-5-8/h6,8H,2-5,12H2,1H3,(H,13,14,15). The van der Waals surface area contributed by atoms with Crippen molar-refractivity contribution in [3.63, 3.8) is 0 Å². The van der Waals surface area contributed by atoms with E-state index in [1.165, 1.54) is 30.9 Å². The van der Waals surface area contributed by atoms with E-state index in [9.17, 15) is 0 Å². The Bertz CT molecular complexity index is 592. The number of hydrogen-bond donors (Lipinski definition) is 2. The molecule has 0 aliphatic heterocycles. The quantitative estimate of drug-likeness (QED) is 0.493. The third kappa shape index (κ3) is 2.46. The number of nitrogens with two attached hydrogens (primary N) is 1. The Labute approximate surface area is 120 Å². The van der Waals surface area contributed by atoms with Crippen LogP contribution < -0.4 is 11.3 Å². The van der Waals surface area contributed by atoms with Crippen molar-refractivity contribution in [3.05, 3.63) is 11.9 Å². The third-order valence-electron chi connectivity index (χ3n) is 3.50. The van der Waals surface area contributed by atoms with Gasteiger partial charge in [-0.1, -0.05) is 12.8 Å². The van der Waals surface area contributed by atoms with E-state index < -0.39 is 0 Å². The van der Waals surface area contributed by atoms with Gasteiger partial charge in [0, 0.05) is 5.56 Å². The van der Waals surface area contributed by atoms with Crippen molar-refractivity contribution in [1.29, 1.82) is 0 Å². The van der Waals surface area contributed by atoms with Crippen LogP contribution in [-0.4, -0.2) is 30.2 Å². The van der Waals surface area contributed by atoms with Gasteiger partial charge in [-0.3, -0.25) is 0 Å². The lowest BCUT2D eigenvalue weighted by Gasteiger charge is -2.11. The van der Waals surface area contributed by atoms with E-state index >= 15 is 0 Å². The first-order chi connectivity index (χ1) is 9.79. The normalized spacial score (nSPS) is 15.7. The molecule has 0 bridgehead atoms. The molecule has 0 atom stereocenters. The zero-order chi connectivity index (χ0) is 13.9. The van der Waals surface area contributed by atoms with Gasteiger partial charge in [-0.05, 0) is 42.0 Å². The highest BCUT2D eigenvalue weighted by atomic mass is 32.2. The zero-order valence-corrected chi connectivity index (χ0v) is 12.0. The highest BCUT2D eigenvalue weighted by Gasteiger charge is 2.22. The summed E-state index contributed by atoms with van der Waals surface area (Å²) >= 11 is 1.44. The predicted octanol–water partition coefficient (Wildman–Crippen LogP) is 1.32. The smallest absolute Gasteiger partial charge is 0.215 e. The van der Waals surface area contributed by atoms with Crippen LogP contribution in [0.15, 0.2) is 16.5 Å². The fourth-order valence-electron chi connectivity index (χ4n) is 2.40. The predicted molar refractivity (Wildman–Crippen MR) is 74.0 cm³/mol. The largest absolute Gasteiger partial charge is 0.308 e. The van der Waals surface area contributed by atoms with E-state index in [0.29, 0.717) is 11.9 Å². The summed E-state index contributed by atoms with van der Waals surface area (Å²) in [6.07, 6.45) is 6.23. The Morgan fingerprint density at radius 1 is 1.35 bits per heavy atom. The fraction of sp³-hybridized carbons (Fsp3) is 0.545. The number of nitrogens with one attached hydrogen (secondary N) is 1. The maximum Gasteiger partial charge on any atom is 0.215 e. The van der Waals surface area contributed by atoms with Crippen LogP contribution in [0.1, 0.15) is 37.3 Å². The molecule has 0 saturated heterocycles. The molecule has 0 amide bonds. The van der Waals surface area contributed by atoms with Crippen LogP contribution in [0.5, 0.6) is 0 Å². The number of nitrogen functional groups attached to an aromatic ring is 1. The molecule has 106 valence electrons. The highest BCUT2D eigenvalue weighted by Crippen LogP contribution is 2.34. The van der Waals surface area contributed by atoms with Crippen molar-refractivity contribution in [2.45, 2.75) is 48.8 Å². The molecular weight excluding hydrogens is 276 g/mol. The first-order valence-electron chi connectivity index (χ1n) is 6.53. The Hall–Kier alpha value is -1.74. The molecule has 3 N–H and O–H groups in total. The molecule has 0 radical (unpaired) electrons. The van der Waals surface area contributed by atoms with E-state index in [0.717, 1.165) is 28.6 Å². The molecule has 8 nitrogen and oxygen atoms in total. The third-order valence-corrected chi connectivity index (χ3v) is 4.55. The summed E-state index contributed by atoms with van der Waals surface area (Å²) in [6, 6.07) is 0.404. The first-order valence-corrected chi connectivity index (χ1v) is 7.35. The second kappa shape index (κ2) is 5.71. The lowest BCUT2D eigenvalue weighted by Crippen LogP contribution is -2.11. The van der Waals surface area contributed by atoms with Crippen LogP contribution in [0.2, 0.25) is 0 Å². The summed E-state index contributed by atoms with van der Waals surface area (Å²) in [4.78, 5) is 8.34. The van der Waals surface area contributed by atoms with E-state index in [1.54, 1.807) is 0 Å². The van der Waals surface area contributed by atoms with Gasteiger partial charge >= 0.3 is 0 Å². The number of hydrogen-bond acceptors (Lipinski definition) is 8. The van der Waals surface area contributed by atoms with Crippen molar-refractivity contribution in [2.75, 3.05) is 5.43 Å². The van der Waals surface area contributed by atoms with Crippen LogP contribution in [0, 0.1) is 6.92 Å². The maximum atomic E-state index is 5.43. The molecule has 0 aromatic carbocycles. The minimum absolute atomic E-state index is 0.404. The number of rotatable bonds is 4. The molecule has 20 heavy (non-hydrogen) atoms. The van der Waals surface area contributed by atoms with Crippen molar-refractivity contribution in [1.82, 2.24) is 30.2 Å². The molecule has 9 heteroatoms. The molecule has 0 unspecified atom stereocenters. The summed E-state index contributed by atoms with van der Waals surface area (Å²) < 4.78 is 1.91. The van der Waals surface area contributed by atoms with E-state index in [1.807, 2.05) is 11.6 Å². The van der Waals surface area contributed by atoms with Crippen molar-refractivity contribution in [3.8, 4) is 0 Å². The number of nitrogens with zero attached hydrogens (tertiary/aromatic N) is 6. The summed E-state index contributed by atoms with van der Waals surface area (Å²) in [6.45, 7) is 1.92. The monoisotopic (exact) mass is 292 g/mol. The fourth-order valence-corrected chi connectivity index (χ4v) is 3.28. The Balaban J connectivity index is 1.86. The van der Waals surface area contributed by atoms with Crippen molar-refractivity contribution < 1.29 is 0 Å². The highest BCUT2D eigenvalue weighted by molar-refractivity contribution is 7.99. The molecule has 1 fully saturated rings. The molecule has 0 spiro atoms. The van der Waals surface area contributed by atoms with Gasteiger partial charge in [-0.25, -0.2) is 20.5 Å². The van der Waals surface area contributed by atoms with Gasteiger partial charge < -0.3 is 5.43 Å². The minimum atomic E-state index is 0.404. The summed E-state index contributed by atoms with van der Waals surface area (Å²) in [5.41, 5.74) is 3.45. The van der Waals surface area contributed by atoms with Gasteiger partial charge in [0.15, 0.2) is 0 Å².